The maximum absolute atomic E-state index is 13.2. The van der Waals surface area contributed by atoms with Crippen molar-refractivity contribution in [1.29, 1.82) is 0 Å². The average molecular weight is 960 g/mol. The number of benzene rings is 3. The van der Waals surface area contributed by atoms with Crippen LogP contribution in [0.5, 0.6) is 0 Å². The van der Waals surface area contributed by atoms with Crippen molar-refractivity contribution in [2.75, 3.05) is 76.8 Å². The number of hydrogen-bond acceptors (Lipinski definition) is 12. The van der Waals surface area contributed by atoms with E-state index in [1.807, 2.05) is 135 Å². The molecule has 0 N–H and O–H groups in total. The van der Waals surface area contributed by atoms with Crippen LogP contribution < -0.4 is 14.7 Å². The zero-order valence-corrected chi connectivity index (χ0v) is 46.0. The number of carbonyl (C=O) groups is 3. The van der Waals surface area contributed by atoms with Crippen LogP contribution in [0.4, 0.5) is 17.1 Å². The fourth-order valence-electron chi connectivity index (χ4n) is 8.91. The molecule has 69 heavy (non-hydrogen) atoms. The van der Waals surface area contributed by atoms with Gasteiger partial charge in [0.2, 0.25) is 0 Å². The number of carbonyl (C=O) groups excluding carboxylic acids is 3. The van der Waals surface area contributed by atoms with Gasteiger partial charge in [-0.15, -0.1) is 0 Å². The molecule has 0 saturated carbocycles. The minimum Gasteiger partial charge on any atom is -0.456 e. The lowest BCUT2D eigenvalue weighted by atomic mass is 9.65. The molecule has 0 spiro atoms. The van der Waals surface area contributed by atoms with E-state index in [4.69, 9.17) is 28.4 Å². The van der Waals surface area contributed by atoms with E-state index in [1.54, 1.807) is 36.4 Å². The first-order valence-electron chi connectivity index (χ1n) is 24.6. The van der Waals surface area contributed by atoms with Crippen LogP contribution in [0.15, 0.2) is 72.8 Å². The number of rotatable bonds is 28. The second-order valence-electron chi connectivity index (χ2n) is 23.2. The molecule has 0 bridgehead atoms. The number of nitrogens with zero attached hydrogens (tertiary/aromatic N) is 3. The van der Waals surface area contributed by atoms with Crippen LogP contribution in [-0.4, -0.2) is 114 Å². The van der Waals surface area contributed by atoms with Crippen LogP contribution in [0.2, 0.25) is 0 Å². The first-order valence-corrected chi connectivity index (χ1v) is 24.6. The normalized spacial score (nSPS) is 12.9. The molecule has 3 rings (SSSR count). The summed E-state index contributed by atoms with van der Waals surface area (Å²) in [6.07, 6.45) is 4.41. The molecule has 12 heteroatoms. The van der Waals surface area contributed by atoms with Gasteiger partial charge in [0.05, 0.1) is 53.3 Å². The second kappa shape index (κ2) is 24.0. The van der Waals surface area contributed by atoms with E-state index in [-0.39, 0.29) is 23.3 Å². The van der Waals surface area contributed by atoms with E-state index < -0.39 is 33.6 Å². The van der Waals surface area contributed by atoms with Gasteiger partial charge in [-0.3, -0.25) is 0 Å². The van der Waals surface area contributed by atoms with Gasteiger partial charge < -0.3 is 43.1 Å². The Bertz CT molecular complexity index is 1850. The van der Waals surface area contributed by atoms with Gasteiger partial charge in [-0.2, -0.15) is 0 Å². The van der Waals surface area contributed by atoms with Crippen LogP contribution in [0.1, 0.15) is 166 Å². The largest absolute Gasteiger partial charge is 0.456 e. The predicted octanol–water partition coefficient (Wildman–Crippen LogP) is 12.2. The van der Waals surface area contributed by atoms with E-state index in [9.17, 15) is 14.4 Å². The lowest BCUT2D eigenvalue weighted by Gasteiger charge is -2.47. The molecule has 0 saturated heterocycles. The zero-order valence-electron chi connectivity index (χ0n) is 46.0. The highest BCUT2D eigenvalue weighted by Crippen LogP contribution is 2.48. The van der Waals surface area contributed by atoms with Crippen molar-refractivity contribution in [2.24, 2.45) is 5.41 Å². The van der Waals surface area contributed by atoms with Crippen LogP contribution in [0.3, 0.4) is 0 Å². The predicted molar refractivity (Wildman–Crippen MR) is 281 cm³/mol. The van der Waals surface area contributed by atoms with Gasteiger partial charge in [0.1, 0.15) is 16.8 Å². The van der Waals surface area contributed by atoms with Crippen molar-refractivity contribution < 1.29 is 42.8 Å². The van der Waals surface area contributed by atoms with Gasteiger partial charge in [-0.1, -0.05) is 13.3 Å². The van der Waals surface area contributed by atoms with Gasteiger partial charge in [0, 0.05) is 78.6 Å². The maximum atomic E-state index is 13.2. The zero-order chi connectivity index (χ0) is 52.2. The second-order valence-corrected chi connectivity index (χ2v) is 23.2. The highest BCUT2D eigenvalue weighted by molar-refractivity contribution is 5.91. The molecule has 3 aromatic carbocycles. The Kier molecular flexibility index (Phi) is 20.4. The molecular formula is C57H89N3O9. The SMILES string of the molecule is CCC(CC(C)(C)OCCC(C)(C)OC(=O)c1ccc(N(C)C)cc1)(CC(C)(C)OCCC(C)(C)OC(=O)c1ccc(N(C)C)cc1)CC(C)(C)OCCC(C)(C)OC(=O)c1ccc(N(C)C)cc1. The minimum absolute atomic E-state index is 0.321. The highest BCUT2D eigenvalue weighted by atomic mass is 16.6. The van der Waals surface area contributed by atoms with Gasteiger partial charge in [0.15, 0.2) is 0 Å². The van der Waals surface area contributed by atoms with Gasteiger partial charge in [-0.25, -0.2) is 14.4 Å². The Hall–Kier alpha value is -4.65. The lowest BCUT2D eigenvalue weighted by Crippen LogP contribution is -2.45. The molecule has 0 amide bonds. The van der Waals surface area contributed by atoms with Crippen molar-refractivity contribution in [1.82, 2.24) is 0 Å². The summed E-state index contributed by atoms with van der Waals surface area (Å²) in [5.41, 5.74) is 0.173. The summed E-state index contributed by atoms with van der Waals surface area (Å²) in [7, 11) is 11.8. The van der Waals surface area contributed by atoms with E-state index in [1.165, 1.54) is 0 Å². The highest BCUT2D eigenvalue weighted by Gasteiger charge is 2.44. The van der Waals surface area contributed by atoms with Crippen LogP contribution >= 0.6 is 0 Å². The van der Waals surface area contributed by atoms with Gasteiger partial charge in [0.25, 0.3) is 0 Å². The molecule has 0 radical (unpaired) electrons. The van der Waals surface area contributed by atoms with Crippen LogP contribution in [0, 0.1) is 5.41 Å². The number of esters is 3. The molecule has 0 unspecified atom stereocenters. The average Bonchev–Trinajstić information content (AvgIpc) is 3.22. The van der Waals surface area contributed by atoms with Crippen molar-refractivity contribution in [3.8, 4) is 0 Å². The maximum Gasteiger partial charge on any atom is 0.338 e. The van der Waals surface area contributed by atoms with Gasteiger partial charge in [-0.05, 0) is 181 Å². The van der Waals surface area contributed by atoms with E-state index in [0.717, 1.165) is 23.5 Å². The van der Waals surface area contributed by atoms with E-state index >= 15 is 0 Å². The Labute approximate surface area is 416 Å². The molecule has 0 aliphatic carbocycles. The topological polar surface area (TPSA) is 116 Å². The quantitative estimate of drug-likeness (QED) is 0.0509. The number of ether oxygens (including phenoxy) is 6. The lowest BCUT2D eigenvalue weighted by molar-refractivity contribution is -0.129. The molecule has 0 fully saturated rings. The molecule has 0 atom stereocenters. The molecule has 0 aliphatic heterocycles. The van der Waals surface area contributed by atoms with Crippen molar-refractivity contribution in [2.45, 2.75) is 169 Å². The summed E-state index contributed by atoms with van der Waals surface area (Å²) < 4.78 is 38.2. The monoisotopic (exact) mass is 960 g/mol. The molecule has 3 aromatic rings. The molecule has 0 heterocycles. The van der Waals surface area contributed by atoms with Gasteiger partial charge >= 0.3 is 17.9 Å². The summed E-state index contributed by atoms with van der Waals surface area (Å²) in [5, 5.41) is 0. The van der Waals surface area contributed by atoms with Crippen LogP contribution in [0.25, 0.3) is 0 Å². The third kappa shape index (κ3) is 19.9. The Balaban J connectivity index is 1.75. The first-order chi connectivity index (χ1) is 31.7. The first kappa shape index (κ1) is 58.7. The standard InChI is InChI=1S/C57H89N3O9/c1-20-57(39-54(8,9)64-36-33-51(2,3)67-48(61)42-21-27-45(28-22-42)58(14)15,40-55(10,11)65-37-34-52(4,5)68-49(62)43-23-29-46(30-24-43)59(16)17)41-56(12,13)66-38-35-53(6,7)69-50(63)44-25-31-47(32-26-44)60(18)19/h21-32H,20,33-41H2,1-19H3. The molecule has 0 aliphatic rings. The third-order valence-electron chi connectivity index (χ3n) is 12.7. The van der Waals surface area contributed by atoms with Crippen LogP contribution in [-0.2, 0) is 28.4 Å². The summed E-state index contributed by atoms with van der Waals surface area (Å²) in [5.74, 6) is -1.11. The number of hydrogen-bond donors (Lipinski definition) is 0. The Morgan fingerprint density at radius 1 is 0.377 bits per heavy atom. The van der Waals surface area contributed by atoms with E-state index in [2.05, 4.69) is 48.5 Å². The Morgan fingerprint density at radius 3 is 0.783 bits per heavy atom. The smallest absolute Gasteiger partial charge is 0.338 e. The fraction of sp³-hybridized carbons (Fsp3) is 0.632. The van der Waals surface area contributed by atoms with Crippen molar-refractivity contribution in [3.05, 3.63) is 89.5 Å². The fourth-order valence-corrected chi connectivity index (χ4v) is 8.91. The molecule has 12 nitrogen and oxygen atoms in total. The molecule has 386 valence electrons. The summed E-state index contributed by atoms with van der Waals surface area (Å²) in [4.78, 5) is 45.5. The van der Waals surface area contributed by atoms with E-state index in [0.29, 0.717) is 75.0 Å². The minimum atomic E-state index is -0.765. The number of anilines is 3. The Morgan fingerprint density at radius 2 is 0.594 bits per heavy atom. The summed E-state index contributed by atoms with van der Waals surface area (Å²) >= 11 is 0. The summed E-state index contributed by atoms with van der Waals surface area (Å²) in [6.45, 7) is 27.6. The summed E-state index contributed by atoms with van der Waals surface area (Å²) in [6, 6.07) is 22.2. The third-order valence-corrected chi connectivity index (χ3v) is 12.7. The van der Waals surface area contributed by atoms with Crippen molar-refractivity contribution in [3.63, 3.8) is 0 Å². The molecular weight excluding hydrogens is 871 g/mol. The molecule has 0 aromatic heterocycles. The van der Waals surface area contributed by atoms with Crippen molar-refractivity contribution >= 4 is 35.0 Å².